The van der Waals surface area contributed by atoms with Crippen molar-refractivity contribution >= 4 is 11.9 Å². The summed E-state index contributed by atoms with van der Waals surface area (Å²) < 4.78 is 0. The zero-order valence-electron chi connectivity index (χ0n) is 11.2. The molecule has 0 radical (unpaired) electrons. The Balaban J connectivity index is 4.19. The van der Waals surface area contributed by atoms with Gasteiger partial charge in [0.1, 0.15) is 0 Å². The molecule has 0 aliphatic heterocycles. The number of hydrogen-bond donors (Lipinski definition) is 3. The van der Waals surface area contributed by atoms with Crippen LogP contribution in [-0.2, 0) is 9.59 Å². The van der Waals surface area contributed by atoms with E-state index in [-0.39, 0.29) is 18.2 Å². The Bertz CT molecular complexity index is 290. The SMILES string of the molecule is C=CCC(N)C(=O)NCC(CC(=O)O)CC(C)C. The van der Waals surface area contributed by atoms with Crippen LogP contribution in [0.5, 0.6) is 0 Å². The van der Waals surface area contributed by atoms with Crippen LogP contribution < -0.4 is 11.1 Å². The molecule has 0 heterocycles. The highest BCUT2D eigenvalue weighted by molar-refractivity contribution is 5.81. The summed E-state index contributed by atoms with van der Waals surface area (Å²) in [6.45, 7) is 7.93. The minimum absolute atomic E-state index is 0.0534. The second kappa shape index (κ2) is 8.69. The predicted octanol–water partition coefficient (Wildman–Crippen LogP) is 1.14. The van der Waals surface area contributed by atoms with Crippen LogP contribution in [0.3, 0.4) is 0 Å². The number of amides is 1. The van der Waals surface area contributed by atoms with Crippen LogP contribution in [0.15, 0.2) is 12.7 Å². The topological polar surface area (TPSA) is 92.4 Å². The van der Waals surface area contributed by atoms with Crippen molar-refractivity contribution in [2.75, 3.05) is 6.54 Å². The predicted molar refractivity (Wildman–Crippen MR) is 71.0 cm³/mol. The lowest BCUT2D eigenvalue weighted by atomic mass is 9.94. The number of carbonyl (C=O) groups excluding carboxylic acids is 1. The average Bonchev–Trinajstić information content (AvgIpc) is 2.24. The molecule has 5 nitrogen and oxygen atoms in total. The molecule has 18 heavy (non-hydrogen) atoms. The molecule has 2 unspecified atom stereocenters. The minimum atomic E-state index is -0.842. The van der Waals surface area contributed by atoms with Gasteiger partial charge in [0, 0.05) is 13.0 Å². The van der Waals surface area contributed by atoms with Crippen LogP contribution in [0.25, 0.3) is 0 Å². The summed E-state index contributed by atoms with van der Waals surface area (Å²) >= 11 is 0. The molecule has 2 atom stereocenters. The summed E-state index contributed by atoms with van der Waals surface area (Å²) in [6.07, 6.45) is 2.84. The second-order valence-electron chi connectivity index (χ2n) is 4.97. The molecule has 0 aliphatic carbocycles. The van der Waals surface area contributed by atoms with Gasteiger partial charge in [0.2, 0.25) is 5.91 Å². The monoisotopic (exact) mass is 256 g/mol. The molecule has 0 aliphatic rings. The van der Waals surface area contributed by atoms with E-state index in [0.717, 1.165) is 6.42 Å². The molecule has 0 bridgehead atoms. The molecule has 0 fully saturated rings. The summed E-state index contributed by atoms with van der Waals surface area (Å²) in [7, 11) is 0. The molecule has 1 amide bonds. The third kappa shape index (κ3) is 7.84. The summed E-state index contributed by atoms with van der Waals surface area (Å²) in [4.78, 5) is 22.3. The quantitative estimate of drug-likeness (QED) is 0.539. The summed E-state index contributed by atoms with van der Waals surface area (Å²) in [5.41, 5.74) is 5.62. The molecule has 4 N–H and O–H groups in total. The van der Waals surface area contributed by atoms with Gasteiger partial charge in [-0.25, -0.2) is 0 Å². The number of carboxylic acid groups (broad SMARTS) is 1. The van der Waals surface area contributed by atoms with Crippen molar-refractivity contribution in [3.8, 4) is 0 Å². The third-order valence-corrected chi connectivity index (χ3v) is 2.59. The molecular formula is C13H24N2O3. The van der Waals surface area contributed by atoms with Crippen molar-refractivity contribution in [1.82, 2.24) is 5.32 Å². The summed E-state index contributed by atoms with van der Waals surface area (Å²) in [5.74, 6) is -0.755. The van der Waals surface area contributed by atoms with E-state index in [4.69, 9.17) is 10.8 Å². The lowest BCUT2D eigenvalue weighted by Crippen LogP contribution is -2.42. The van der Waals surface area contributed by atoms with Gasteiger partial charge < -0.3 is 16.2 Å². The normalized spacial score (nSPS) is 14.0. The number of rotatable bonds is 9. The maximum Gasteiger partial charge on any atom is 0.303 e. The first-order valence-corrected chi connectivity index (χ1v) is 6.22. The molecular weight excluding hydrogens is 232 g/mol. The number of carbonyl (C=O) groups is 2. The Labute approximate surface area is 108 Å². The maximum absolute atomic E-state index is 11.6. The highest BCUT2D eigenvalue weighted by Crippen LogP contribution is 2.14. The standard InChI is InChI=1S/C13H24N2O3/c1-4-5-11(14)13(18)15-8-10(6-9(2)3)7-12(16)17/h4,9-11H,1,5-8,14H2,2-3H3,(H,15,18)(H,16,17). The zero-order valence-corrected chi connectivity index (χ0v) is 11.2. The first-order valence-electron chi connectivity index (χ1n) is 6.22. The van der Waals surface area contributed by atoms with Gasteiger partial charge >= 0.3 is 5.97 Å². The highest BCUT2D eigenvalue weighted by Gasteiger charge is 2.18. The van der Waals surface area contributed by atoms with Crippen molar-refractivity contribution in [3.05, 3.63) is 12.7 Å². The van der Waals surface area contributed by atoms with E-state index in [1.165, 1.54) is 0 Å². The lowest BCUT2D eigenvalue weighted by Gasteiger charge is -2.19. The number of aliphatic carboxylic acids is 1. The summed E-state index contributed by atoms with van der Waals surface area (Å²) in [5, 5.41) is 11.5. The molecule has 0 aromatic heterocycles. The number of carboxylic acids is 1. The minimum Gasteiger partial charge on any atom is -0.481 e. The van der Waals surface area contributed by atoms with Crippen LogP contribution in [0.4, 0.5) is 0 Å². The van der Waals surface area contributed by atoms with Crippen LogP contribution in [0, 0.1) is 11.8 Å². The largest absolute Gasteiger partial charge is 0.481 e. The Morgan fingerprint density at radius 3 is 2.50 bits per heavy atom. The van der Waals surface area contributed by atoms with Gasteiger partial charge in [0.25, 0.3) is 0 Å². The van der Waals surface area contributed by atoms with Crippen molar-refractivity contribution in [1.29, 1.82) is 0 Å². The van der Waals surface area contributed by atoms with Crippen LogP contribution >= 0.6 is 0 Å². The molecule has 0 rings (SSSR count). The van der Waals surface area contributed by atoms with Crippen molar-refractivity contribution < 1.29 is 14.7 Å². The van der Waals surface area contributed by atoms with Crippen LogP contribution in [0.1, 0.15) is 33.1 Å². The molecule has 104 valence electrons. The van der Waals surface area contributed by atoms with Crippen molar-refractivity contribution in [2.45, 2.75) is 39.2 Å². The van der Waals surface area contributed by atoms with E-state index >= 15 is 0 Å². The summed E-state index contributed by atoms with van der Waals surface area (Å²) in [6, 6.07) is -0.605. The smallest absolute Gasteiger partial charge is 0.303 e. The number of nitrogens with one attached hydrogen (secondary N) is 1. The third-order valence-electron chi connectivity index (χ3n) is 2.59. The number of nitrogens with two attached hydrogens (primary N) is 1. The molecule has 0 saturated carbocycles. The molecule has 0 saturated heterocycles. The zero-order chi connectivity index (χ0) is 14.1. The Kier molecular flexibility index (Phi) is 8.03. The second-order valence-corrected chi connectivity index (χ2v) is 4.97. The van der Waals surface area contributed by atoms with Crippen molar-refractivity contribution in [2.24, 2.45) is 17.6 Å². The fourth-order valence-corrected chi connectivity index (χ4v) is 1.82. The number of hydrogen-bond acceptors (Lipinski definition) is 3. The first-order chi connectivity index (χ1) is 8.36. The fraction of sp³-hybridized carbons (Fsp3) is 0.692. The van der Waals surface area contributed by atoms with Gasteiger partial charge in [-0.05, 0) is 24.7 Å². The van der Waals surface area contributed by atoms with E-state index in [0.29, 0.717) is 18.9 Å². The molecule has 0 aromatic carbocycles. The Morgan fingerprint density at radius 1 is 1.44 bits per heavy atom. The molecule has 5 heteroatoms. The highest BCUT2D eigenvalue weighted by atomic mass is 16.4. The van der Waals surface area contributed by atoms with Gasteiger partial charge in [-0.15, -0.1) is 6.58 Å². The first kappa shape index (κ1) is 16.6. The lowest BCUT2D eigenvalue weighted by molar-refractivity contribution is -0.138. The maximum atomic E-state index is 11.6. The van der Waals surface area contributed by atoms with E-state index < -0.39 is 12.0 Å². The van der Waals surface area contributed by atoms with Gasteiger partial charge in [-0.1, -0.05) is 19.9 Å². The Hall–Kier alpha value is -1.36. The van der Waals surface area contributed by atoms with E-state index in [1.807, 2.05) is 13.8 Å². The van der Waals surface area contributed by atoms with Crippen molar-refractivity contribution in [3.63, 3.8) is 0 Å². The van der Waals surface area contributed by atoms with Crippen LogP contribution in [0.2, 0.25) is 0 Å². The van der Waals surface area contributed by atoms with E-state index in [9.17, 15) is 9.59 Å². The fourth-order valence-electron chi connectivity index (χ4n) is 1.82. The van der Waals surface area contributed by atoms with E-state index in [2.05, 4.69) is 11.9 Å². The van der Waals surface area contributed by atoms with Gasteiger partial charge in [0.15, 0.2) is 0 Å². The Morgan fingerprint density at radius 2 is 2.06 bits per heavy atom. The van der Waals surface area contributed by atoms with Gasteiger partial charge in [0.05, 0.1) is 6.04 Å². The van der Waals surface area contributed by atoms with Gasteiger partial charge in [-0.3, -0.25) is 9.59 Å². The van der Waals surface area contributed by atoms with Gasteiger partial charge in [-0.2, -0.15) is 0 Å². The van der Waals surface area contributed by atoms with E-state index in [1.54, 1.807) is 6.08 Å². The average molecular weight is 256 g/mol. The molecule has 0 spiro atoms. The molecule has 0 aromatic rings. The van der Waals surface area contributed by atoms with Crippen LogP contribution in [-0.4, -0.2) is 29.6 Å².